The summed E-state index contributed by atoms with van der Waals surface area (Å²) >= 11 is 0. The van der Waals surface area contributed by atoms with E-state index in [0.29, 0.717) is 27.5 Å². The van der Waals surface area contributed by atoms with Crippen molar-refractivity contribution in [1.82, 2.24) is 14.7 Å². The van der Waals surface area contributed by atoms with E-state index in [0.717, 1.165) is 12.7 Å². The number of oxazole rings is 1. The number of rotatable bonds is 8. The van der Waals surface area contributed by atoms with Gasteiger partial charge in [0, 0.05) is 35.8 Å². The number of fused-ring (bicyclic) bond motifs is 1. The van der Waals surface area contributed by atoms with Crippen molar-refractivity contribution < 1.29 is 27.8 Å². The van der Waals surface area contributed by atoms with Gasteiger partial charge in [0.05, 0.1) is 0 Å². The lowest BCUT2D eigenvalue weighted by Crippen LogP contribution is -2.21. The lowest BCUT2D eigenvalue weighted by Gasteiger charge is -2.12. The third-order valence-electron chi connectivity index (χ3n) is 4.62. The van der Waals surface area contributed by atoms with Crippen molar-refractivity contribution in [2.45, 2.75) is 6.92 Å². The summed E-state index contributed by atoms with van der Waals surface area (Å²) in [5.41, 5.74) is 7.70. The van der Waals surface area contributed by atoms with Gasteiger partial charge in [0.1, 0.15) is 11.3 Å². The number of hydrogen-bond donors (Lipinski definition) is 4. The lowest BCUT2D eigenvalue weighted by atomic mass is 10.2. The molecule has 4 rings (SSSR count). The van der Waals surface area contributed by atoms with Gasteiger partial charge >= 0.3 is 13.6 Å². The lowest BCUT2D eigenvalue weighted by molar-refractivity contribution is 0.1000. The van der Waals surface area contributed by atoms with Crippen LogP contribution in [0.15, 0.2) is 57.9 Å². The van der Waals surface area contributed by atoms with Crippen LogP contribution < -0.4 is 26.7 Å². The number of phosphoric acid groups is 1. The number of benzene rings is 2. The van der Waals surface area contributed by atoms with Crippen molar-refractivity contribution in [2.24, 2.45) is 5.73 Å². The number of aromatic nitrogens is 3. The molecule has 0 saturated heterocycles. The second-order valence-electron chi connectivity index (χ2n) is 6.99. The molecule has 5 N–H and O–H groups in total. The molecule has 1 unspecified atom stereocenters. The monoisotopic (exact) mass is 486 g/mol. The predicted molar refractivity (Wildman–Crippen MR) is 122 cm³/mol. The highest BCUT2D eigenvalue weighted by Crippen LogP contribution is 2.38. The third-order valence-corrected chi connectivity index (χ3v) is 5.45. The maximum atomic E-state index is 12.0. The first-order chi connectivity index (χ1) is 16.1. The third kappa shape index (κ3) is 4.91. The largest absolute Gasteiger partial charge is 0.546 e. The van der Waals surface area contributed by atoms with Gasteiger partial charge in [-0.05, 0) is 49.4 Å². The van der Waals surface area contributed by atoms with Gasteiger partial charge in [-0.25, -0.2) is 14.3 Å². The normalized spacial score (nSPS) is 12.8. The molecule has 1 atom stereocenters. The number of nitrogens with two attached hydrogens (primary N) is 1. The summed E-state index contributed by atoms with van der Waals surface area (Å²) in [4.78, 5) is 41.5. The van der Waals surface area contributed by atoms with Crippen LogP contribution >= 0.6 is 7.82 Å². The van der Waals surface area contributed by atoms with E-state index in [1.165, 1.54) is 12.1 Å². The van der Waals surface area contributed by atoms with E-state index >= 15 is 0 Å². The van der Waals surface area contributed by atoms with Gasteiger partial charge in [0.15, 0.2) is 5.58 Å². The molecular formula is C20H19N6O7P. The number of hydrogen-bond acceptors (Lipinski definition) is 10. The summed E-state index contributed by atoms with van der Waals surface area (Å²) in [5, 5.41) is 6.13. The molecule has 34 heavy (non-hydrogen) atoms. The zero-order valence-electron chi connectivity index (χ0n) is 17.9. The van der Waals surface area contributed by atoms with Crippen LogP contribution in [0.5, 0.6) is 0 Å². The zero-order valence-corrected chi connectivity index (χ0v) is 18.8. The van der Waals surface area contributed by atoms with Crippen LogP contribution in [0.1, 0.15) is 15.9 Å². The first kappa shape index (κ1) is 23.0. The Hall–Kier alpha value is -4.19. The van der Waals surface area contributed by atoms with Crippen molar-refractivity contribution >= 4 is 48.0 Å². The number of nitrogens with zero attached hydrogens (tertiary/aromatic N) is 3. The van der Waals surface area contributed by atoms with Crippen molar-refractivity contribution in [1.29, 1.82) is 0 Å². The quantitative estimate of drug-likeness (QED) is 0.268. The van der Waals surface area contributed by atoms with E-state index in [-0.39, 0.29) is 17.0 Å². The highest BCUT2D eigenvalue weighted by atomic mass is 31.2. The summed E-state index contributed by atoms with van der Waals surface area (Å²) in [6.45, 7) is 1.80. The molecule has 0 fully saturated rings. The van der Waals surface area contributed by atoms with Crippen molar-refractivity contribution in [2.75, 3.05) is 17.7 Å². The Balaban J connectivity index is 1.60. The van der Waals surface area contributed by atoms with Crippen LogP contribution in [0.2, 0.25) is 0 Å². The van der Waals surface area contributed by atoms with Crippen LogP contribution in [0, 0.1) is 6.92 Å². The standard InChI is InChI=1S/C20H19N6O7P/c1-11-10-22-19(24-13-5-3-12(4-6-13)17(21)27)25-18(11)23-14-7-8-16-15(9-14)26(20(28)32-16)33-34(29,30)31-2/h3-10H,1-2H3,(H2,21,27)(H,29,30)(H2,22,23,24,25). The zero-order chi connectivity index (χ0) is 24.5. The second-order valence-corrected chi connectivity index (χ2v) is 8.46. The topological polar surface area (TPSA) is 184 Å². The minimum atomic E-state index is -4.50. The average Bonchev–Trinajstić information content (AvgIpc) is 3.10. The van der Waals surface area contributed by atoms with Crippen LogP contribution in [-0.2, 0) is 9.09 Å². The maximum absolute atomic E-state index is 12.0. The van der Waals surface area contributed by atoms with E-state index in [2.05, 4.69) is 25.1 Å². The molecule has 176 valence electrons. The number of aryl methyl sites for hydroxylation is 1. The number of nitrogens with one attached hydrogen (secondary N) is 2. The predicted octanol–water partition coefficient (Wildman–Crippen LogP) is 2.45. The van der Waals surface area contributed by atoms with Crippen LogP contribution in [0.3, 0.4) is 0 Å². The van der Waals surface area contributed by atoms with E-state index < -0.39 is 19.5 Å². The summed E-state index contributed by atoms with van der Waals surface area (Å²) in [6.07, 6.45) is 1.60. The Kier molecular flexibility index (Phi) is 6.07. The molecule has 2 aromatic heterocycles. The number of carbonyl (C=O) groups is 1. The fourth-order valence-electron chi connectivity index (χ4n) is 2.90. The molecule has 0 aliphatic heterocycles. The minimum Gasteiger partial charge on any atom is -0.405 e. The average molecular weight is 486 g/mol. The molecule has 1 amide bonds. The molecule has 0 saturated carbocycles. The number of phosphoric ester groups is 1. The van der Waals surface area contributed by atoms with Crippen LogP contribution in [0.4, 0.5) is 23.1 Å². The van der Waals surface area contributed by atoms with Crippen LogP contribution in [0.25, 0.3) is 11.1 Å². The molecule has 0 aliphatic rings. The van der Waals surface area contributed by atoms with Gasteiger partial charge in [-0.2, -0.15) is 4.98 Å². The number of carbonyl (C=O) groups excluding carboxylic acids is 1. The Morgan fingerprint density at radius 2 is 1.88 bits per heavy atom. The van der Waals surface area contributed by atoms with E-state index in [1.807, 2.05) is 0 Å². The fourth-order valence-corrected chi connectivity index (χ4v) is 3.33. The van der Waals surface area contributed by atoms with E-state index in [9.17, 15) is 19.0 Å². The van der Waals surface area contributed by atoms with Gasteiger partial charge in [0.25, 0.3) is 0 Å². The molecule has 0 aliphatic carbocycles. The SMILES string of the molecule is COP(=O)(O)On1c(=O)oc2ccc(Nc3nc(Nc4ccc(C(N)=O)cc4)ncc3C)cc21. The van der Waals surface area contributed by atoms with Crippen LogP contribution in [-0.4, -0.2) is 32.6 Å². The molecule has 2 heterocycles. The van der Waals surface area contributed by atoms with E-state index in [1.54, 1.807) is 43.5 Å². The van der Waals surface area contributed by atoms with Gasteiger partial charge < -0.3 is 25.4 Å². The van der Waals surface area contributed by atoms with Gasteiger partial charge in [-0.3, -0.25) is 14.2 Å². The molecule has 0 spiro atoms. The van der Waals surface area contributed by atoms with Crippen molar-refractivity contribution in [3.63, 3.8) is 0 Å². The summed E-state index contributed by atoms with van der Waals surface area (Å²) in [7, 11) is -3.53. The van der Waals surface area contributed by atoms with Gasteiger partial charge in [0.2, 0.25) is 11.9 Å². The molecule has 0 bridgehead atoms. The summed E-state index contributed by atoms with van der Waals surface area (Å²) in [6, 6.07) is 11.1. The number of amides is 1. The highest BCUT2D eigenvalue weighted by Gasteiger charge is 2.25. The Morgan fingerprint density at radius 3 is 2.56 bits per heavy atom. The molecular weight excluding hydrogens is 467 g/mol. The second kappa shape index (κ2) is 8.98. The smallest absolute Gasteiger partial charge is 0.405 e. The highest BCUT2D eigenvalue weighted by molar-refractivity contribution is 7.47. The van der Waals surface area contributed by atoms with Gasteiger partial charge in [-0.15, -0.1) is 0 Å². The minimum absolute atomic E-state index is 0.0981. The Labute approximate surface area is 191 Å². The van der Waals surface area contributed by atoms with Gasteiger partial charge in [-0.1, -0.05) is 4.73 Å². The van der Waals surface area contributed by atoms with Crippen molar-refractivity contribution in [3.8, 4) is 0 Å². The summed E-state index contributed by atoms with van der Waals surface area (Å²) in [5.74, 6) is -0.788. The molecule has 13 nitrogen and oxygen atoms in total. The fraction of sp³-hybridized carbons (Fsp3) is 0.100. The Morgan fingerprint density at radius 1 is 1.18 bits per heavy atom. The van der Waals surface area contributed by atoms with E-state index in [4.69, 9.17) is 14.8 Å². The molecule has 2 aromatic carbocycles. The molecule has 4 aromatic rings. The molecule has 14 heteroatoms. The number of anilines is 4. The van der Waals surface area contributed by atoms with Crippen molar-refractivity contribution in [3.05, 3.63) is 70.3 Å². The summed E-state index contributed by atoms with van der Waals surface area (Å²) < 4.78 is 26.5. The first-order valence-electron chi connectivity index (χ1n) is 9.67. The number of primary amides is 1. The maximum Gasteiger partial charge on any atom is 0.546 e. The Bertz CT molecular complexity index is 1480. The first-order valence-corrected chi connectivity index (χ1v) is 11.2. The molecule has 0 radical (unpaired) electrons.